The van der Waals surface area contributed by atoms with Crippen molar-refractivity contribution < 1.29 is 19.8 Å². The van der Waals surface area contributed by atoms with E-state index in [0.29, 0.717) is 0 Å². The summed E-state index contributed by atoms with van der Waals surface area (Å²) in [4.78, 5) is 21.5. The number of unbranched alkanes of at least 4 members (excludes halogenated alkanes) is 14. The quantitative estimate of drug-likeness (QED) is 0.199. The van der Waals surface area contributed by atoms with Gasteiger partial charge < -0.3 is 10.2 Å². The molecule has 0 aliphatic carbocycles. The number of carboxylic acids is 2. The minimum atomic E-state index is -1.07. The van der Waals surface area contributed by atoms with E-state index in [4.69, 9.17) is 10.2 Å². The molecule has 0 aromatic carbocycles. The Hall–Kier alpha value is -1.32. The summed E-state index contributed by atoms with van der Waals surface area (Å²) < 4.78 is 0. The fourth-order valence-corrected chi connectivity index (χ4v) is 3.14. The predicted octanol–water partition coefficient (Wildman–Crippen LogP) is 6.59. The van der Waals surface area contributed by atoms with Crippen molar-refractivity contribution in [3.05, 3.63) is 12.2 Å². The van der Waals surface area contributed by atoms with Gasteiger partial charge in [0.25, 0.3) is 0 Å². The van der Waals surface area contributed by atoms with Gasteiger partial charge in [-0.05, 0) is 12.8 Å². The molecule has 1 atom stereocenters. The Morgan fingerprint density at radius 2 is 1.15 bits per heavy atom. The van der Waals surface area contributed by atoms with E-state index in [0.717, 1.165) is 12.8 Å². The second kappa shape index (κ2) is 18.5. The molecule has 26 heavy (non-hydrogen) atoms. The zero-order valence-corrected chi connectivity index (χ0v) is 16.8. The summed E-state index contributed by atoms with van der Waals surface area (Å²) in [5.74, 6) is -3.04. The van der Waals surface area contributed by atoms with E-state index in [-0.39, 0.29) is 6.42 Å². The first kappa shape index (κ1) is 24.7. The maximum absolute atomic E-state index is 10.9. The van der Waals surface area contributed by atoms with Gasteiger partial charge in [-0.2, -0.15) is 0 Å². The van der Waals surface area contributed by atoms with Crippen molar-refractivity contribution in [2.45, 2.75) is 110 Å². The largest absolute Gasteiger partial charge is 0.481 e. The Labute approximate surface area is 160 Å². The highest BCUT2D eigenvalue weighted by Crippen LogP contribution is 2.14. The smallest absolute Gasteiger partial charge is 0.310 e. The van der Waals surface area contributed by atoms with Crippen LogP contribution >= 0.6 is 0 Å². The van der Waals surface area contributed by atoms with Gasteiger partial charge in [-0.15, -0.1) is 0 Å². The average Bonchev–Trinajstić information content (AvgIpc) is 2.59. The molecule has 4 heteroatoms. The molecule has 0 aromatic rings. The van der Waals surface area contributed by atoms with Gasteiger partial charge in [0.1, 0.15) is 0 Å². The minimum Gasteiger partial charge on any atom is -0.481 e. The Morgan fingerprint density at radius 3 is 1.54 bits per heavy atom. The lowest BCUT2D eigenvalue weighted by Crippen LogP contribution is -2.15. The monoisotopic (exact) mass is 368 g/mol. The van der Waals surface area contributed by atoms with E-state index in [9.17, 15) is 9.59 Å². The van der Waals surface area contributed by atoms with Crippen molar-refractivity contribution in [3.63, 3.8) is 0 Å². The van der Waals surface area contributed by atoms with Crippen LogP contribution in [0.15, 0.2) is 12.2 Å². The fraction of sp³-hybridized carbons (Fsp3) is 0.818. The van der Waals surface area contributed by atoms with Gasteiger partial charge in [-0.3, -0.25) is 9.59 Å². The van der Waals surface area contributed by atoms with Crippen molar-refractivity contribution >= 4 is 11.9 Å². The van der Waals surface area contributed by atoms with Gasteiger partial charge in [0, 0.05) is 0 Å². The van der Waals surface area contributed by atoms with Gasteiger partial charge in [0.05, 0.1) is 12.3 Å². The summed E-state index contributed by atoms with van der Waals surface area (Å²) in [6.07, 6.45) is 22.3. The number of rotatable bonds is 19. The summed E-state index contributed by atoms with van der Waals surface area (Å²) in [6.45, 7) is 2.26. The van der Waals surface area contributed by atoms with Crippen LogP contribution in [-0.4, -0.2) is 22.2 Å². The zero-order valence-electron chi connectivity index (χ0n) is 16.8. The van der Waals surface area contributed by atoms with Gasteiger partial charge >= 0.3 is 11.9 Å². The molecule has 2 N–H and O–H groups in total. The van der Waals surface area contributed by atoms with Crippen molar-refractivity contribution in [1.29, 1.82) is 0 Å². The highest BCUT2D eigenvalue weighted by atomic mass is 16.4. The average molecular weight is 369 g/mol. The van der Waals surface area contributed by atoms with Crippen LogP contribution < -0.4 is 0 Å². The molecule has 0 bridgehead atoms. The van der Waals surface area contributed by atoms with E-state index in [1.165, 1.54) is 89.5 Å². The van der Waals surface area contributed by atoms with Crippen LogP contribution in [0.25, 0.3) is 0 Å². The normalized spacial score (nSPS) is 12.5. The van der Waals surface area contributed by atoms with Crippen LogP contribution in [0.5, 0.6) is 0 Å². The first-order chi connectivity index (χ1) is 12.6. The molecular weight excluding hydrogens is 328 g/mol. The zero-order chi connectivity index (χ0) is 19.5. The Kier molecular flexibility index (Phi) is 17.5. The standard InChI is InChI=1S/C22H40O4/c1-2-3-4-5-6-7-8-9-10-11-12-13-14-15-16-17-18-20(22(25)26)19-21(23)24/h17-18,20H,2-16,19H2,1H3,(H,23,24)(H,25,26)/b18-17-. The maximum atomic E-state index is 10.9. The molecule has 0 rings (SSSR count). The topological polar surface area (TPSA) is 74.6 Å². The van der Waals surface area contributed by atoms with Crippen LogP contribution in [-0.2, 0) is 9.59 Å². The predicted molar refractivity (Wildman–Crippen MR) is 107 cm³/mol. The van der Waals surface area contributed by atoms with Gasteiger partial charge in [0.2, 0.25) is 0 Å². The van der Waals surface area contributed by atoms with E-state index in [1.54, 1.807) is 0 Å². The number of carbonyl (C=O) groups is 2. The summed E-state index contributed by atoms with van der Waals surface area (Å²) in [6, 6.07) is 0. The maximum Gasteiger partial charge on any atom is 0.310 e. The van der Waals surface area contributed by atoms with Crippen molar-refractivity contribution in [2.75, 3.05) is 0 Å². The minimum absolute atomic E-state index is 0.343. The molecule has 0 aromatic heterocycles. The van der Waals surface area contributed by atoms with Crippen molar-refractivity contribution in [3.8, 4) is 0 Å². The third-order valence-corrected chi connectivity index (χ3v) is 4.80. The van der Waals surface area contributed by atoms with Crippen LogP contribution in [0.4, 0.5) is 0 Å². The molecule has 1 unspecified atom stereocenters. The molecule has 152 valence electrons. The lowest BCUT2D eigenvalue weighted by atomic mass is 10.0. The molecule has 0 amide bonds. The van der Waals surface area contributed by atoms with Crippen LogP contribution in [0.1, 0.15) is 110 Å². The highest BCUT2D eigenvalue weighted by Gasteiger charge is 2.17. The third kappa shape index (κ3) is 17.5. The molecule has 0 fully saturated rings. The number of hydrogen-bond donors (Lipinski definition) is 2. The molecule has 0 heterocycles. The summed E-state index contributed by atoms with van der Waals surface area (Å²) >= 11 is 0. The van der Waals surface area contributed by atoms with Gasteiger partial charge in [-0.1, -0.05) is 103 Å². The van der Waals surface area contributed by atoms with E-state index in [2.05, 4.69) is 6.92 Å². The molecule has 0 saturated carbocycles. The molecule has 0 saturated heterocycles. The third-order valence-electron chi connectivity index (χ3n) is 4.80. The molecular formula is C22H40O4. The molecule has 0 radical (unpaired) electrons. The number of allylic oxidation sites excluding steroid dienone is 1. The summed E-state index contributed by atoms with van der Waals surface area (Å²) in [5, 5.41) is 17.6. The highest BCUT2D eigenvalue weighted by molar-refractivity contribution is 5.79. The molecule has 0 aliphatic heterocycles. The van der Waals surface area contributed by atoms with Crippen LogP contribution in [0.3, 0.4) is 0 Å². The first-order valence-electron chi connectivity index (χ1n) is 10.7. The lowest BCUT2D eigenvalue weighted by molar-refractivity contribution is -0.146. The second-order valence-electron chi connectivity index (χ2n) is 7.36. The van der Waals surface area contributed by atoms with Crippen LogP contribution in [0.2, 0.25) is 0 Å². The van der Waals surface area contributed by atoms with Crippen molar-refractivity contribution in [1.82, 2.24) is 0 Å². The van der Waals surface area contributed by atoms with E-state index >= 15 is 0 Å². The Bertz CT molecular complexity index is 376. The second-order valence-corrected chi connectivity index (χ2v) is 7.36. The van der Waals surface area contributed by atoms with Gasteiger partial charge in [0.15, 0.2) is 0 Å². The summed E-state index contributed by atoms with van der Waals surface area (Å²) in [7, 11) is 0. The lowest BCUT2D eigenvalue weighted by Gasteiger charge is -2.04. The number of carboxylic acid groups (broad SMARTS) is 2. The van der Waals surface area contributed by atoms with E-state index in [1.807, 2.05) is 6.08 Å². The molecule has 0 spiro atoms. The van der Waals surface area contributed by atoms with Gasteiger partial charge in [-0.25, -0.2) is 0 Å². The Morgan fingerprint density at radius 1 is 0.731 bits per heavy atom. The number of aliphatic carboxylic acids is 2. The van der Waals surface area contributed by atoms with Crippen molar-refractivity contribution in [2.24, 2.45) is 5.92 Å². The van der Waals surface area contributed by atoms with Crippen LogP contribution in [0, 0.1) is 5.92 Å². The fourth-order valence-electron chi connectivity index (χ4n) is 3.14. The van der Waals surface area contributed by atoms with E-state index < -0.39 is 17.9 Å². The number of hydrogen-bond acceptors (Lipinski definition) is 2. The Balaban J connectivity index is 3.36. The first-order valence-corrected chi connectivity index (χ1v) is 10.7. The molecule has 0 aliphatic rings. The SMILES string of the molecule is CCCCCCCCCCCCCCCC/C=C\C(CC(=O)O)C(=O)O. The molecule has 4 nitrogen and oxygen atoms in total. The summed E-state index contributed by atoms with van der Waals surface area (Å²) in [5.41, 5.74) is 0.